The predicted octanol–water partition coefficient (Wildman–Crippen LogP) is 4.23. The van der Waals surface area contributed by atoms with E-state index in [9.17, 15) is 0 Å². The molecule has 4 heteroatoms. The van der Waals surface area contributed by atoms with E-state index in [0.29, 0.717) is 11.1 Å². The fourth-order valence-corrected chi connectivity index (χ4v) is 3.51. The number of nitrogens with zero attached hydrogens (tertiary/aromatic N) is 2. The van der Waals surface area contributed by atoms with E-state index in [0.717, 1.165) is 9.79 Å². The molecule has 2 aromatic carbocycles. The molecule has 0 aliphatic heterocycles. The molecule has 0 amide bonds. The molecule has 0 spiro atoms. The first-order valence-electron chi connectivity index (χ1n) is 5.18. The van der Waals surface area contributed by atoms with Gasteiger partial charge in [0.25, 0.3) is 0 Å². The standard InChI is InChI=1S/C14H8N2S2/c15-9-11-5-4-8-14(13(11)10-16)18-17-12-6-2-1-3-7-12/h1-8H. The van der Waals surface area contributed by atoms with Gasteiger partial charge in [0.2, 0.25) is 0 Å². The predicted molar refractivity (Wildman–Crippen MR) is 74.0 cm³/mol. The van der Waals surface area contributed by atoms with Gasteiger partial charge in [-0.2, -0.15) is 10.5 Å². The highest BCUT2D eigenvalue weighted by Crippen LogP contribution is 2.39. The number of hydrogen-bond acceptors (Lipinski definition) is 4. The van der Waals surface area contributed by atoms with Crippen LogP contribution in [0.15, 0.2) is 58.3 Å². The fourth-order valence-electron chi connectivity index (χ4n) is 1.38. The van der Waals surface area contributed by atoms with Gasteiger partial charge >= 0.3 is 0 Å². The van der Waals surface area contributed by atoms with Gasteiger partial charge in [0.1, 0.15) is 12.1 Å². The molecule has 0 heterocycles. The minimum atomic E-state index is 0.427. The van der Waals surface area contributed by atoms with Crippen molar-refractivity contribution in [3.8, 4) is 12.1 Å². The molecule has 2 aromatic rings. The summed E-state index contributed by atoms with van der Waals surface area (Å²) >= 11 is 0. The van der Waals surface area contributed by atoms with E-state index in [-0.39, 0.29) is 0 Å². The normalized spacial score (nSPS) is 9.44. The van der Waals surface area contributed by atoms with Crippen LogP contribution in [0.1, 0.15) is 11.1 Å². The second kappa shape index (κ2) is 6.16. The molecule has 2 nitrogen and oxygen atoms in total. The van der Waals surface area contributed by atoms with Crippen LogP contribution in [-0.4, -0.2) is 0 Å². The van der Waals surface area contributed by atoms with Crippen LogP contribution >= 0.6 is 21.6 Å². The quantitative estimate of drug-likeness (QED) is 0.782. The molecule has 0 aliphatic rings. The zero-order valence-electron chi connectivity index (χ0n) is 9.33. The van der Waals surface area contributed by atoms with Gasteiger partial charge < -0.3 is 0 Å². The van der Waals surface area contributed by atoms with E-state index in [1.165, 1.54) is 10.8 Å². The second-order valence-electron chi connectivity index (χ2n) is 3.38. The van der Waals surface area contributed by atoms with Gasteiger partial charge in [-0.15, -0.1) is 0 Å². The van der Waals surface area contributed by atoms with E-state index >= 15 is 0 Å². The third kappa shape index (κ3) is 2.87. The number of nitriles is 2. The van der Waals surface area contributed by atoms with E-state index < -0.39 is 0 Å². The molecular formula is C14H8N2S2. The van der Waals surface area contributed by atoms with Crippen LogP contribution in [0, 0.1) is 22.7 Å². The zero-order chi connectivity index (χ0) is 12.8. The van der Waals surface area contributed by atoms with Crippen molar-refractivity contribution in [1.82, 2.24) is 0 Å². The summed E-state index contributed by atoms with van der Waals surface area (Å²) < 4.78 is 0. The Morgan fingerprint density at radius 1 is 0.778 bits per heavy atom. The lowest BCUT2D eigenvalue weighted by atomic mass is 10.1. The topological polar surface area (TPSA) is 47.6 Å². The Labute approximate surface area is 114 Å². The lowest BCUT2D eigenvalue weighted by molar-refractivity contribution is 1.34. The van der Waals surface area contributed by atoms with Crippen LogP contribution in [0.25, 0.3) is 0 Å². The molecule has 0 saturated heterocycles. The highest BCUT2D eigenvalue weighted by atomic mass is 33.1. The summed E-state index contributed by atoms with van der Waals surface area (Å²) in [7, 11) is 3.08. The van der Waals surface area contributed by atoms with Gasteiger partial charge in [-0.05, 0) is 24.3 Å². The maximum absolute atomic E-state index is 9.10. The van der Waals surface area contributed by atoms with Crippen molar-refractivity contribution in [3.63, 3.8) is 0 Å². The molecule has 0 N–H and O–H groups in total. The van der Waals surface area contributed by atoms with E-state index in [1.807, 2.05) is 42.5 Å². The summed E-state index contributed by atoms with van der Waals surface area (Å²) in [5.41, 5.74) is 0.879. The number of benzene rings is 2. The molecule has 2 rings (SSSR count). The minimum absolute atomic E-state index is 0.427. The average molecular weight is 268 g/mol. The van der Waals surface area contributed by atoms with Crippen molar-refractivity contribution in [1.29, 1.82) is 10.5 Å². The van der Waals surface area contributed by atoms with Gasteiger partial charge in [-0.1, -0.05) is 45.9 Å². The van der Waals surface area contributed by atoms with Crippen LogP contribution in [0.5, 0.6) is 0 Å². The Morgan fingerprint density at radius 3 is 2.22 bits per heavy atom. The van der Waals surface area contributed by atoms with Crippen LogP contribution in [-0.2, 0) is 0 Å². The summed E-state index contributed by atoms with van der Waals surface area (Å²) in [6.45, 7) is 0. The Hall–Kier alpha value is -1.88. The molecule has 0 aliphatic carbocycles. The van der Waals surface area contributed by atoms with E-state index in [1.54, 1.807) is 22.9 Å². The molecule has 0 atom stereocenters. The van der Waals surface area contributed by atoms with Crippen molar-refractivity contribution in [3.05, 3.63) is 59.7 Å². The minimum Gasteiger partial charge on any atom is -0.192 e. The molecule has 0 unspecified atom stereocenters. The van der Waals surface area contributed by atoms with Crippen LogP contribution in [0.2, 0.25) is 0 Å². The SMILES string of the molecule is N#Cc1cccc(SSc2ccccc2)c1C#N. The maximum Gasteiger partial charge on any atom is 0.102 e. The van der Waals surface area contributed by atoms with E-state index in [4.69, 9.17) is 10.5 Å². The van der Waals surface area contributed by atoms with Crippen molar-refractivity contribution < 1.29 is 0 Å². The van der Waals surface area contributed by atoms with E-state index in [2.05, 4.69) is 6.07 Å². The van der Waals surface area contributed by atoms with Gasteiger partial charge in [-0.3, -0.25) is 0 Å². The third-order valence-electron chi connectivity index (χ3n) is 2.23. The molecule has 0 aromatic heterocycles. The first-order valence-corrected chi connectivity index (χ1v) is 7.33. The Bertz CT molecular complexity index is 624. The molecule has 0 fully saturated rings. The monoisotopic (exact) mass is 268 g/mol. The molecule has 0 radical (unpaired) electrons. The summed E-state index contributed by atoms with van der Waals surface area (Å²) in [5, 5.41) is 18.0. The van der Waals surface area contributed by atoms with Crippen molar-refractivity contribution >= 4 is 21.6 Å². The van der Waals surface area contributed by atoms with Crippen molar-refractivity contribution in [2.45, 2.75) is 9.79 Å². The molecule has 0 bridgehead atoms. The highest BCUT2D eigenvalue weighted by molar-refractivity contribution is 8.76. The molecule has 86 valence electrons. The lowest BCUT2D eigenvalue weighted by Gasteiger charge is -2.04. The lowest BCUT2D eigenvalue weighted by Crippen LogP contribution is -1.85. The molecular weight excluding hydrogens is 260 g/mol. The third-order valence-corrected chi connectivity index (χ3v) is 4.66. The summed E-state index contributed by atoms with van der Waals surface area (Å²) in [6.07, 6.45) is 0. The largest absolute Gasteiger partial charge is 0.192 e. The van der Waals surface area contributed by atoms with Gasteiger partial charge in [0.05, 0.1) is 11.1 Å². The van der Waals surface area contributed by atoms with Gasteiger partial charge in [0, 0.05) is 9.79 Å². The average Bonchev–Trinajstić information content (AvgIpc) is 2.45. The summed E-state index contributed by atoms with van der Waals surface area (Å²) in [5.74, 6) is 0. The Balaban J connectivity index is 2.21. The van der Waals surface area contributed by atoms with Crippen LogP contribution < -0.4 is 0 Å². The van der Waals surface area contributed by atoms with Gasteiger partial charge in [0.15, 0.2) is 0 Å². The van der Waals surface area contributed by atoms with Crippen LogP contribution in [0.3, 0.4) is 0 Å². The van der Waals surface area contributed by atoms with Crippen molar-refractivity contribution in [2.24, 2.45) is 0 Å². The zero-order valence-corrected chi connectivity index (χ0v) is 11.0. The Morgan fingerprint density at radius 2 is 1.56 bits per heavy atom. The van der Waals surface area contributed by atoms with Crippen molar-refractivity contribution in [2.75, 3.05) is 0 Å². The number of rotatable bonds is 3. The first kappa shape index (κ1) is 12.6. The summed E-state index contributed by atoms with van der Waals surface area (Å²) in [6, 6.07) is 19.4. The fraction of sp³-hybridized carbons (Fsp3) is 0. The second-order valence-corrected chi connectivity index (χ2v) is 5.63. The van der Waals surface area contributed by atoms with Gasteiger partial charge in [-0.25, -0.2) is 0 Å². The number of hydrogen-bond donors (Lipinski definition) is 0. The first-order chi connectivity index (χ1) is 8.85. The Kier molecular flexibility index (Phi) is 4.30. The highest BCUT2D eigenvalue weighted by Gasteiger charge is 2.08. The maximum atomic E-state index is 9.10. The molecule has 18 heavy (non-hydrogen) atoms. The van der Waals surface area contributed by atoms with Crippen LogP contribution in [0.4, 0.5) is 0 Å². The summed E-state index contributed by atoms with van der Waals surface area (Å²) in [4.78, 5) is 1.94. The molecule has 0 saturated carbocycles. The smallest absolute Gasteiger partial charge is 0.102 e.